The van der Waals surface area contributed by atoms with Crippen LogP contribution in [0.25, 0.3) is 33.4 Å². The van der Waals surface area contributed by atoms with E-state index in [9.17, 15) is 4.79 Å². The third-order valence-electron chi connectivity index (χ3n) is 6.43. The number of hydrogen-bond acceptors (Lipinski definition) is 5. The Morgan fingerprint density at radius 1 is 0.794 bits per heavy atom. The maximum absolute atomic E-state index is 13.9. The highest BCUT2D eigenvalue weighted by Crippen LogP contribution is 2.39. The molecule has 5 heteroatoms. The maximum atomic E-state index is 13.9. The van der Waals surface area contributed by atoms with Gasteiger partial charge in [0.2, 0.25) is 16.9 Å². The summed E-state index contributed by atoms with van der Waals surface area (Å²) in [5, 5.41) is 0.415. The van der Waals surface area contributed by atoms with E-state index in [1.165, 1.54) is 24.8 Å². The molecular formula is C29H22N2O3. The predicted octanol–water partition coefficient (Wildman–Crippen LogP) is 6.98. The van der Waals surface area contributed by atoms with Crippen LogP contribution in [0.4, 0.5) is 0 Å². The van der Waals surface area contributed by atoms with Crippen LogP contribution in [0.3, 0.4) is 0 Å². The Balaban J connectivity index is 1.55. The molecule has 0 amide bonds. The summed E-state index contributed by atoms with van der Waals surface area (Å²) in [4.78, 5) is 22.4. The first-order valence-corrected chi connectivity index (χ1v) is 11.5. The Bertz CT molecular complexity index is 1510. The van der Waals surface area contributed by atoms with Gasteiger partial charge in [-0.05, 0) is 42.0 Å². The van der Waals surface area contributed by atoms with E-state index in [0.29, 0.717) is 34.1 Å². The molecule has 1 aliphatic carbocycles. The molecular weight excluding hydrogens is 424 g/mol. The fourth-order valence-corrected chi connectivity index (χ4v) is 4.40. The van der Waals surface area contributed by atoms with Gasteiger partial charge in [-0.15, -0.1) is 0 Å². The molecule has 0 radical (unpaired) electrons. The van der Waals surface area contributed by atoms with Gasteiger partial charge in [0.1, 0.15) is 5.76 Å². The summed E-state index contributed by atoms with van der Waals surface area (Å²) in [6.07, 6.45) is 6.95. The van der Waals surface area contributed by atoms with E-state index >= 15 is 0 Å². The van der Waals surface area contributed by atoms with Crippen molar-refractivity contribution < 1.29 is 9.15 Å². The summed E-state index contributed by atoms with van der Waals surface area (Å²) >= 11 is 0. The van der Waals surface area contributed by atoms with Crippen molar-refractivity contribution in [3.63, 3.8) is 0 Å². The molecule has 0 atom stereocenters. The van der Waals surface area contributed by atoms with Gasteiger partial charge >= 0.3 is 0 Å². The zero-order valence-corrected chi connectivity index (χ0v) is 18.5. The number of hydrogen-bond donors (Lipinski definition) is 0. The van der Waals surface area contributed by atoms with Crippen LogP contribution in [0.1, 0.15) is 30.7 Å². The van der Waals surface area contributed by atoms with Crippen LogP contribution in [0, 0.1) is 0 Å². The molecule has 0 aliphatic heterocycles. The SMILES string of the molecule is O=c1c(-c2ccc(C3CCC3)cc2)c(-c2ccccc2)oc2c(Oc3ccccn3)nccc12. The van der Waals surface area contributed by atoms with E-state index < -0.39 is 0 Å². The largest absolute Gasteiger partial charge is 0.449 e. The summed E-state index contributed by atoms with van der Waals surface area (Å²) in [6.45, 7) is 0. The minimum atomic E-state index is -0.121. The van der Waals surface area contributed by atoms with Crippen molar-refractivity contribution in [3.8, 4) is 34.2 Å². The fourth-order valence-electron chi connectivity index (χ4n) is 4.40. The van der Waals surface area contributed by atoms with Gasteiger partial charge in [-0.2, -0.15) is 0 Å². The summed E-state index contributed by atoms with van der Waals surface area (Å²) in [6, 6.07) is 25.0. The van der Waals surface area contributed by atoms with Gasteiger partial charge < -0.3 is 9.15 Å². The van der Waals surface area contributed by atoms with E-state index in [0.717, 1.165) is 11.1 Å². The average Bonchev–Trinajstić information content (AvgIpc) is 2.85. The Kier molecular flexibility index (Phi) is 5.15. The van der Waals surface area contributed by atoms with Gasteiger partial charge in [0, 0.05) is 24.0 Å². The lowest BCUT2D eigenvalue weighted by molar-refractivity contribution is 0.420. The average molecular weight is 447 g/mol. The summed E-state index contributed by atoms with van der Waals surface area (Å²) in [7, 11) is 0. The molecule has 2 aromatic carbocycles. The molecule has 166 valence electrons. The second-order valence-corrected chi connectivity index (χ2v) is 8.51. The van der Waals surface area contributed by atoms with Gasteiger partial charge in [0.15, 0.2) is 0 Å². The van der Waals surface area contributed by atoms with Crippen molar-refractivity contribution in [3.05, 3.63) is 107 Å². The number of aromatic nitrogens is 2. The first-order chi connectivity index (χ1) is 16.8. The highest BCUT2D eigenvalue weighted by atomic mass is 16.5. The first kappa shape index (κ1) is 20.4. The number of rotatable bonds is 5. The molecule has 5 nitrogen and oxygen atoms in total. The minimum Gasteiger partial charge on any atom is -0.449 e. The standard InChI is InChI=1S/C29H22N2O3/c32-26-23-16-18-31-29(33-24-11-4-5-17-30-24)28(23)34-27(22-7-2-1-3-8-22)25(26)21-14-12-20(13-15-21)19-9-6-10-19/h1-5,7-8,11-19H,6,9-10H2. The normalized spacial score (nSPS) is 13.5. The zero-order valence-electron chi connectivity index (χ0n) is 18.5. The monoisotopic (exact) mass is 446 g/mol. The summed E-state index contributed by atoms with van der Waals surface area (Å²) in [5.41, 5.74) is 3.69. The Morgan fingerprint density at radius 2 is 1.59 bits per heavy atom. The van der Waals surface area contributed by atoms with Crippen LogP contribution >= 0.6 is 0 Å². The summed E-state index contributed by atoms with van der Waals surface area (Å²) in [5.74, 6) is 1.71. The van der Waals surface area contributed by atoms with Crippen LogP contribution in [0.15, 0.2) is 100 Å². The predicted molar refractivity (Wildman–Crippen MR) is 132 cm³/mol. The van der Waals surface area contributed by atoms with Crippen LogP contribution in [0.5, 0.6) is 11.8 Å². The molecule has 1 aliphatic rings. The van der Waals surface area contributed by atoms with Gasteiger partial charge in [-0.1, -0.05) is 67.1 Å². The Morgan fingerprint density at radius 3 is 2.29 bits per heavy atom. The van der Waals surface area contributed by atoms with Gasteiger partial charge in [0.25, 0.3) is 5.88 Å². The van der Waals surface area contributed by atoms with E-state index in [-0.39, 0.29) is 11.3 Å². The molecule has 0 spiro atoms. The molecule has 3 heterocycles. The lowest BCUT2D eigenvalue weighted by Gasteiger charge is -2.25. The van der Waals surface area contributed by atoms with Crippen LogP contribution < -0.4 is 10.2 Å². The molecule has 0 N–H and O–H groups in total. The van der Waals surface area contributed by atoms with E-state index in [1.807, 2.05) is 48.5 Å². The van der Waals surface area contributed by atoms with Crippen molar-refractivity contribution in [1.29, 1.82) is 0 Å². The molecule has 1 saturated carbocycles. The molecule has 34 heavy (non-hydrogen) atoms. The van der Waals surface area contributed by atoms with Crippen molar-refractivity contribution in [1.82, 2.24) is 9.97 Å². The quantitative estimate of drug-likeness (QED) is 0.291. The number of pyridine rings is 2. The number of ether oxygens (including phenoxy) is 1. The van der Waals surface area contributed by atoms with E-state index in [4.69, 9.17) is 9.15 Å². The first-order valence-electron chi connectivity index (χ1n) is 11.5. The van der Waals surface area contributed by atoms with Crippen LogP contribution in [0.2, 0.25) is 0 Å². The molecule has 3 aromatic heterocycles. The minimum absolute atomic E-state index is 0.121. The Labute approximate surface area is 196 Å². The van der Waals surface area contributed by atoms with E-state index in [1.54, 1.807) is 30.6 Å². The molecule has 6 rings (SSSR count). The highest BCUT2D eigenvalue weighted by Gasteiger charge is 2.23. The van der Waals surface area contributed by atoms with Crippen molar-refractivity contribution in [2.24, 2.45) is 0 Å². The molecule has 0 saturated heterocycles. The van der Waals surface area contributed by atoms with Crippen molar-refractivity contribution in [2.45, 2.75) is 25.2 Å². The van der Waals surface area contributed by atoms with Gasteiger partial charge in [-0.25, -0.2) is 9.97 Å². The molecule has 1 fully saturated rings. The van der Waals surface area contributed by atoms with Crippen LogP contribution in [-0.2, 0) is 0 Å². The van der Waals surface area contributed by atoms with Crippen molar-refractivity contribution in [2.75, 3.05) is 0 Å². The van der Waals surface area contributed by atoms with Gasteiger partial charge in [-0.3, -0.25) is 4.79 Å². The maximum Gasteiger partial charge on any atom is 0.265 e. The zero-order chi connectivity index (χ0) is 22.9. The smallest absolute Gasteiger partial charge is 0.265 e. The fraction of sp³-hybridized carbons (Fsp3) is 0.138. The van der Waals surface area contributed by atoms with Gasteiger partial charge in [0.05, 0.1) is 10.9 Å². The van der Waals surface area contributed by atoms with Crippen molar-refractivity contribution >= 4 is 11.0 Å². The topological polar surface area (TPSA) is 65.2 Å². The van der Waals surface area contributed by atoms with Crippen LogP contribution in [-0.4, -0.2) is 9.97 Å². The third kappa shape index (κ3) is 3.65. The number of benzene rings is 2. The molecule has 5 aromatic rings. The Hall–Kier alpha value is -4.25. The lowest BCUT2D eigenvalue weighted by atomic mass is 9.80. The lowest BCUT2D eigenvalue weighted by Crippen LogP contribution is -2.10. The highest BCUT2D eigenvalue weighted by molar-refractivity contribution is 5.91. The second-order valence-electron chi connectivity index (χ2n) is 8.51. The molecule has 0 unspecified atom stereocenters. The van der Waals surface area contributed by atoms with E-state index in [2.05, 4.69) is 22.1 Å². The number of nitrogens with zero attached hydrogens (tertiary/aromatic N) is 2. The third-order valence-corrected chi connectivity index (χ3v) is 6.43. The summed E-state index contributed by atoms with van der Waals surface area (Å²) < 4.78 is 12.3. The second kappa shape index (κ2) is 8.60. The molecule has 0 bridgehead atoms. The number of fused-ring (bicyclic) bond motifs is 1.